The molecule has 1 aliphatic heterocycles. The number of morpholine rings is 1. The van der Waals surface area contributed by atoms with Crippen molar-refractivity contribution in [3.63, 3.8) is 0 Å². The van der Waals surface area contributed by atoms with Crippen LogP contribution in [-0.4, -0.2) is 42.7 Å². The lowest BCUT2D eigenvalue weighted by Crippen LogP contribution is -2.41. The van der Waals surface area contributed by atoms with Gasteiger partial charge in [0.15, 0.2) is 0 Å². The van der Waals surface area contributed by atoms with Crippen molar-refractivity contribution in [3.8, 4) is 6.07 Å². The van der Waals surface area contributed by atoms with Crippen LogP contribution in [0.4, 0.5) is 10.2 Å². The van der Waals surface area contributed by atoms with Gasteiger partial charge in [-0.15, -0.1) is 0 Å². The molecule has 3 rings (SSSR count). The molecule has 1 aromatic carbocycles. The smallest absolute Gasteiger partial charge is 0.143 e. The Bertz CT molecular complexity index is 725. The first-order chi connectivity index (χ1) is 11.8. The number of benzene rings is 1. The minimum absolute atomic E-state index is 0.0156. The molecule has 5 nitrogen and oxygen atoms in total. The normalized spacial score (nSPS) is 16.3. The maximum atomic E-state index is 13.7. The van der Waals surface area contributed by atoms with Gasteiger partial charge in [0, 0.05) is 25.8 Å². The van der Waals surface area contributed by atoms with Crippen molar-refractivity contribution in [3.05, 3.63) is 59.5 Å². The number of hydrogen-bond acceptors (Lipinski definition) is 5. The lowest BCUT2D eigenvalue weighted by Gasteiger charge is -2.35. The first kappa shape index (κ1) is 16.4. The molecule has 2 heterocycles. The molecule has 124 valence electrons. The molecule has 1 fully saturated rings. The molecule has 1 atom stereocenters. The van der Waals surface area contributed by atoms with Crippen LogP contribution in [-0.2, 0) is 4.74 Å². The lowest BCUT2D eigenvalue weighted by molar-refractivity contribution is 0.0186. The fraction of sp³-hybridized carbons (Fsp3) is 0.333. The molecule has 2 aromatic rings. The van der Waals surface area contributed by atoms with E-state index in [0.717, 1.165) is 18.7 Å². The fourth-order valence-electron chi connectivity index (χ4n) is 2.89. The van der Waals surface area contributed by atoms with Crippen molar-refractivity contribution in [1.82, 2.24) is 9.88 Å². The van der Waals surface area contributed by atoms with Crippen LogP contribution in [0.15, 0.2) is 42.6 Å². The molecule has 0 aliphatic carbocycles. The summed E-state index contributed by atoms with van der Waals surface area (Å²) >= 11 is 0. The van der Waals surface area contributed by atoms with E-state index >= 15 is 0 Å². The topological polar surface area (TPSA) is 61.2 Å². The summed E-state index contributed by atoms with van der Waals surface area (Å²) in [5, 5.41) is 12.4. The van der Waals surface area contributed by atoms with E-state index in [9.17, 15) is 9.65 Å². The van der Waals surface area contributed by atoms with Crippen LogP contribution in [0.5, 0.6) is 0 Å². The summed E-state index contributed by atoms with van der Waals surface area (Å²) in [5.41, 5.74) is 1.40. The summed E-state index contributed by atoms with van der Waals surface area (Å²) in [6.07, 6.45) is 1.65. The van der Waals surface area contributed by atoms with Gasteiger partial charge in [-0.3, -0.25) is 4.90 Å². The average molecular weight is 326 g/mol. The summed E-state index contributed by atoms with van der Waals surface area (Å²) in [6, 6.07) is 12.2. The highest BCUT2D eigenvalue weighted by Crippen LogP contribution is 2.23. The fourth-order valence-corrected chi connectivity index (χ4v) is 2.89. The standard InChI is InChI=1S/C18H19FN4O/c19-16-5-1-3-14(11-16)17(23-7-9-24-10-8-23)13-22-18-15(12-20)4-2-6-21-18/h1-6,11,17H,7-10,13H2,(H,21,22). The van der Waals surface area contributed by atoms with Crippen LogP contribution in [0.1, 0.15) is 17.2 Å². The minimum Gasteiger partial charge on any atom is -0.379 e. The predicted octanol–water partition coefficient (Wildman–Crippen LogP) is 2.58. The van der Waals surface area contributed by atoms with Gasteiger partial charge in [0.05, 0.1) is 24.8 Å². The van der Waals surface area contributed by atoms with Gasteiger partial charge in [-0.05, 0) is 29.8 Å². The number of halogens is 1. The average Bonchev–Trinajstić information content (AvgIpc) is 2.63. The van der Waals surface area contributed by atoms with Crippen LogP contribution in [0.25, 0.3) is 0 Å². The van der Waals surface area contributed by atoms with E-state index < -0.39 is 0 Å². The SMILES string of the molecule is N#Cc1cccnc1NCC(c1cccc(F)c1)N1CCOCC1. The number of rotatable bonds is 5. The minimum atomic E-state index is -0.249. The summed E-state index contributed by atoms with van der Waals surface area (Å²) in [6.45, 7) is 3.44. The Hall–Kier alpha value is -2.49. The number of pyridine rings is 1. The number of aromatic nitrogens is 1. The van der Waals surface area contributed by atoms with Crippen molar-refractivity contribution >= 4 is 5.82 Å². The van der Waals surface area contributed by atoms with Crippen molar-refractivity contribution in [2.75, 3.05) is 38.2 Å². The number of nitriles is 1. The Morgan fingerprint density at radius 1 is 1.29 bits per heavy atom. The molecule has 1 N–H and O–H groups in total. The summed E-state index contributed by atoms with van der Waals surface area (Å²) in [7, 11) is 0. The lowest BCUT2D eigenvalue weighted by atomic mass is 10.0. The first-order valence-electron chi connectivity index (χ1n) is 7.94. The molecular formula is C18H19FN4O. The van der Waals surface area contributed by atoms with Crippen LogP contribution in [0, 0.1) is 17.1 Å². The van der Waals surface area contributed by atoms with E-state index in [2.05, 4.69) is 21.3 Å². The van der Waals surface area contributed by atoms with Crippen molar-refractivity contribution < 1.29 is 9.13 Å². The van der Waals surface area contributed by atoms with E-state index in [1.165, 1.54) is 6.07 Å². The van der Waals surface area contributed by atoms with Crippen molar-refractivity contribution in [2.45, 2.75) is 6.04 Å². The Morgan fingerprint density at radius 3 is 2.88 bits per heavy atom. The highest BCUT2D eigenvalue weighted by Gasteiger charge is 2.23. The number of anilines is 1. The van der Waals surface area contributed by atoms with Gasteiger partial charge in [-0.25, -0.2) is 9.37 Å². The van der Waals surface area contributed by atoms with E-state index in [4.69, 9.17) is 4.74 Å². The van der Waals surface area contributed by atoms with Crippen LogP contribution in [0.3, 0.4) is 0 Å². The maximum absolute atomic E-state index is 13.7. The molecule has 24 heavy (non-hydrogen) atoms. The molecule has 0 bridgehead atoms. The molecule has 1 unspecified atom stereocenters. The summed E-state index contributed by atoms with van der Waals surface area (Å²) in [4.78, 5) is 6.49. The zero-order chi connectivity index (χ0) is 16.8. The quantitative estimate of drug-likeness (QED) is 0.915. The van der Waals surface area contributed by atoms with Crippen LogP contribution in [0.2, 0.25) is 0 Å². The second kappa shape index (κ2) is 7.86. The largest absolute Gasteiger partial charge is 0.379 e. The number of nitrogens with zero attached hydrogens (tertiary/aromatic N) is 3. The second-order valence-electron chi connectivity index (χ2n) is 5.61. The molecule has 1 aliphatic rings. The van der Waals surface area contributed by atoms with Gasteiger partial charge in [-0.1, -0.05) is 12.1 Å². The zero-order valence-electron chi connectivity index (χ0n) is 13.3. The molecule has 0 radical (unpaired) electrons. The number of ether oxygens (including phenoxy) is 1. The monoisotopic (exact) mass is 326 g/mol. The van der Waals surface area contributed by atoms with Crippen LogP contribution < -0.4 is 5.32 Å². The highest BCUT2D eigenvalue weighted by molar-refractivity contribution is 5.51. The number of hydrogen-bond donors (Lipinski definition) is 1. The Labute approximate surface area is 140 Å². The second-order valence-corrected chi connectivity index (χ2v) is 5.61. The molecule has 1 aromatic heterocycles. The van der Waals surface area contributed by atoms with Gasteiger partial charge in [0.25, 0.3) is 0 Å². The summed E-state index contributed by atoms with van der Waals surface area (Å²) < 4.78 is 19.1. The van der Waals surface area contributed by atoms with E-state index in [1.54, 1.807) is 30.5 Å². The Morgan fingerprint density at radius 2 is 2.12 bits per heavy atom. The van der Waals surface area contributed by atoms with Gasteiger partial charge in [0.2, 0.25) is 0 Å². The van der Waals surface area contributed by atoms with Crippen molar-refractivity contribution in [1.29, 1.82) is 5.26 Å². The third kappa shape index (κ3) is 3.88. The van der Waals surface area contributed by atoms with E-state index in [0.29, 0.717) is 31.1 Å². The Kier molecular flexibility index (Phi) is 5.36. The van der Waals surface area contributed by atoms with Gasteiger partial charge < -0.3 is 10.1 Å². The summed E-state index contributed by atoms with van der Waals surface area (Å²) in [5.74, 6) is 0.302. The zero-order valence-corrected chi connectivity index (χ0v) is 13.3. The Balaban J connectivity index is 1.81. The molecule has 1 saturated heterocycles. The predicted molar refractivity (Wildman–Crippen MR) is 89.0 cm³/mol. The molecule has 0 saturated carbocycles. The van der Waals surface area contributed by atoms with Gasteiger partial charge in [0.1, 0.15) is 17.7 Å². The van der Waals surface area contributed by atoms with Gasteiger partial charge in [-0.2, -0.15) is 5.26 Å². The van der Waals surface area contributed by atoms with E-state index in [1.807, 2.05) is 6.07 Å². The van der Waals surface area contributed by atoms with Crippen molar-refractivity contribution in [2.24, 2.45) is 0 Å². The molecule has 6 heteroatoms. The third-order valence-electron chi connectivity index (χ3n) is 4.11. The molecular weight excluding hydrogens is 307 g/mol. The van der Waals surface area contributed by atoms with Crippen LogP contribution >= 0.6 is 0 Å². The molecule has 0 spiro atoms. The maximum Gasteiger partial charge on any atom is 0.143 e. The van der Waals surface area contributed by atoms with Gasteiger partial charge >= 0.3 is 0 Å². The molecule has 0 amide bonds. The number of nitrogens with one attached hydrogen (secondary N) is 1. The van der Waals surface area contributed by atoms with E-state index in [-0.39, 0.29) is 11.9 Å². The third-order valence-corrected chi connectivity index (χ3v) is 4.11. The highest BCUT2D eigenvalue weighted by atomic mass is 19.1. The first-order valence-corrected chi connectivity index (χ1v) is 7.94.